The van der Waals surface area contributed by atoms with Crippen LogP contribution in [0.1, 0.15) is 11.1 Å². The summed E-state index contributed by atoms with van der Waals surface area (Å²) in [6, 6.07) is 10.1. The van der Waals surface area contributed by atoms with Gasteiger partial charge in [0.2, 0.25) is 0 Å². The maximum absolute atomic E-state index is 13.3. The van der Waals surface area contributed by atoms with Crippen LogP contribution in [0.4, 0.5) is 20.6 Å². The second kappa shape index (κ2) is 5.81. The molecular weight excluding hydrogens is 355 g/mol. The third kappa shape index (κ3) is 2.67. The van der Waals surface area contributed by atoms with Crippen molar-refractivity contribution < 1.29 is 17.6 Å². The molecule has 2 atom stereocenters. The first kappa shape index (κ1) is 17.0. The van der Waals surface area contributed by atoms with E-state index in [1.807, 2.05) is 32.0 Å². The standard InChI is InChI=1S/C19H19FN2O3S/c1-12-3-6-16(9-13(12)2)22-18-11-26(24,25)10-17(18)21(19(22)23)15-7-4-14(20)5-8-15/h3-9,17-18H,10-11H2,1-2H3/t17-,18-/m1/s1. The van der Waals surface area contributed by atoms with E-state index < -0.39 is 27.7 Å². The van der Waals surface area contributed by atoms with Gasteiger partial charge < -0.3 is 0 Å². The van der Waals surface area contributed by atoms with E-state index in [4.69, 9.17) is 0 Å². The van der Waals surface area contributed by atoms with Crippen molar-refractivity contribution in [1.29, 1.82) is 0 Å². The van der Waals surface area contributed by atoms with Gasteiger partial charge in [-0.3, -0.25) is 9.80 Å². The second-order valence-electron chi connectivity index (χ2n) is 6.98. The summed E-state index contributed by atoms with van der Waals surface area (Å²) in [4.78, 5) is 16.2. The lowest BCUT2D eigenvalue weighted by Gasteiger charge is -2.23. The Balaban J connectivity index is 1.81. The van der Waals surface area contributed by atoms with Gasteiger partial charge in [-0.05, 0) is 61.4 Å². The van der Waals surface area contributed by atoms with Crippen molar-refractivity contribution in [3.8, 4) is 0 Å². The summed E-state index contributed by atoms with van der Waals surface area (Å²) in [6.07, 6.45) is 0. The lowest BCUT2D eigenvalue weighted by Crippen LogP contribution is -2.38. The van der Waals surface area contributed by atoms with Crippen LogP contribution in [0.15, 0.2) is 42.5 Å². The molecule has 0 aliphatic carbocycles. The molecular formula is C19H19FN2O3S. The Bertz CT molecular complexity index is 988. The van der Waals surface area contributed by atoms with E-state index in [2.05, 4.69) is 0 Å². The van der Waals surface area contributed by atoms with Crippen LogP contribution in [0, 0.1) is 19.7 Å². The SMILES string of the molecule is Cc1ccc(N2C(=O)N(c3ccc(F)cc3)[C@@H]3CS(=O)(=O)C[C@H]32)cc1C. The Labute approximate surface area is 152 Å². The van der Waals surface area contributed by atoms with Crippen LogP contribution in [0.25, 0.3) is 0 Å². The predicted octanol–water partition coefficient (Wildman–Crippen LogP) is 3.05. The summed E-state index contributed by atoms with van der Waals surface area (Å²) in [5.74, 6) is -0.544. The molecule has 2 fully saturated rings. The van der Waals surface area contributed by atoms with Crippen LogP contribution < -0.4 is 9.80 Å². The molecule has 0 spiro atoms. The number of aryl methyl sites for hydroxylation is 2. The third-order valence-electron chi connectivity index (χ3n) is 5.24. The molecule has 0 aromatic heterocycles. The highest BCUT2D eigenvalue weighted by molar-refractivity contribution is 7.91. The molecule has 0 saturated carbocycles. The summed E-state index contributed by atoms with van der Waals surface area (Å²) < 4.78 is 37.8. The summed E-state index contributed by atoms with van der Waals surface area (Å²) in [5, 5.41) is 0. The molecule has 2 aromatic rings. The molecule has 0 unspecified atom stereocenters. The zero-order valence-corrected chi connectivity index (χ0v) is 15.3. The Morgan fingerprint density at radius 2 is 1.42 bits per heavy atom. The number of carbonyl (C=O) groups excluding carboxylic acids is 1. The van der Waals surface area contributed by atoms with E-state index >= 15 is 0 Å². The lowest BCUT2D eigenvalue weighted by atomic mass is 10.1. The number of urea groups is 1. The minimum atomic E-state index is -3.25. The first-order chi connectivity index (χ1) is 12.3. The van der Waals surface area contributed by atoms with E-state index in [1.165, 1.54) is 29.2 Å². The topological polar surface area (TPSA) is 57.7 Å². The molecule has 5 nitrogen and oxygen atoms in total. The second-order valence-corrected chi connectivity index (χ2v) is 9.13. The zero-order valence-electron chi connectivity index (χ0n) is 14.5. The van der Waals surface area contributed by atoms with Crippen molar-refractivity contribution in [2.45, 2.75) is 25.9 Å². The molecule has 4 rings (SSSR count). The number of nitrogens with zero attached hydrogens (tertiary/aromatic N) is 2. The zero-order chi connectivity index (χ0) is 18.6. The minimum Gasteiger partial charge on any atom is -0.288 e. The molecule has 26 heavy (non-hydrogen) atoms. The number of rotatable bonds is 2. The van der Waals surface area contributed by atoms with Crippen molar-refractivity contribution in [2.24, 2.45) is 0 Å². The van der Waals surface area contributed by atoms with Gasteiger partial charge in [-0.1, -0.05) is 6.07 Å². The van der Waals surface area contributed by atoms with Crippen LogP contribution in [0.5, 0.6) is 0 Å². The Morgan fingerprint density at radius 1 is 0.885 bits per heavy atom. The molecule has 2 aromatic carbocycles. The van der Waals surface area contributed by atoms with Crippen molar-refractivity contribution in [3.05, 3.63) is 59.4 Å². The van der Waals surface area contributed by atoms with Gasteiger partial charge >= 0.3 is 6.03 Å². The molecule has 7 heteroatoms. The molecule has 0 radical (unpaired) electrons. The number of halogens is 1. The highest BCUT2D eigenvalue weighted by atomic mass is 32.2. The Morgan fingerprint density at radius 3 is 2.00 bits per heavy atom. The maximum atomic E-state index is 13.3. The van der Waals surface area contributed by atoms with E-state index in [-0.39, 0.29) is 17.5 Å². The first-order valence-electron chi connectivity index (χ1n) is 8.42. The fraction of sp³-hybridized carbons (Fsp3) is 0.316. The largest absolute Gasteiger partial charge is 0.329 e. The monoisotopic (exact) mass is 374 g/mol. The van der Waals surface area contributed by atoms with Crippen LogP contribution in [0.2, 0.25) is 0 Å². The maximum Gasteiger partial charge on any atom is 0.329 e. The average molecular weight is 374 g/mol. The quantitative estimate of drug-likeness (QED) is 0.759. The van der Waals surface area contributed by atoms with Gasteiger partial charge in [0.25, 0.3) is 0 Å². The molecule has 2 amide bonds. The van der Waals surface area contributed by atoms with Gasteiger partial charge in [-0.2, -0.15) is 0 Å². The van der Waals surface area contributed by atoms with E-state index in [9.17, 15) is 17.6 Å². The summed E-state index contributed by atoms with van der Waals surface area (Å²) >= 11 is 0. The molecule has 0 bridgehead atoms. The summed E-state index contributed by atoms with van der Waals surface area (Å²) in [6.45, 7) is 3.94. The van der Waals surface area contributed by atoms with E-state index in [0.29, 0.717) is 11.4 Å². The fourth-order valence-electron chi connectivity index (χ4n) is 3.78. The van der Waals surface area contributed by atoms with Crippen LogP contribution in [0.3, 0.4) is 0 Å². The van der Waals surface area contributed by atoms with Gasteiger partial charge in [0.05, 0.1) is 23.6 Å². The summed E-state index contributed by atoms with van der Waals surface area (Å²) in [7, 11) is -3.25. The van der Waals surface area contributed by atoms with Gasteiger partial charge in [0, 0.05) is 11.4 Å². The molecule has 2 heterocycles. The number of anilines is 2. The number of fused-ring (bicyclic) bond motifs is 1. The van der Waals surface area contributed by atoms with E-state index in [1.54, 1.807) is 4.90 Å². The third-order valence-corrected chi connectivity index (χ3v) is 6.94. The lowest BCUT2D eigenvalue weighted by molar-refractivity contribution is 0.255. The molecule has 2 saturated heterocycles. The fourth-order valence-corrected chi connectivity index (χ4v) is 5.70. The molecule has 136 valence electrons. The smallest absolute Gasteiger partial charge is 0.288 e. The van der Waals surface area contributed by atoms with Crippen LogP contribution in [-0.2, 0) is 9.84 Å². The van der Waals surface area contributed by atoms with Gasteiger partial charge in [-0.15, -0.1) is 0 Å². The van der Waals surface area contributed by atoms with Crippen molar-refractivity contribution in [2.75, 3.05) is 21.3 Å². The van der Waals surface area contributed by atoms with Crippen molar-refractivity contribution in [1.82, 2.24) is 0 Å². The number of sulfone groups is 1. The molecule has 2 aliphatic rings. The van der Waals surface area contributed by atoms with Crippen molar-refractivity contribution in [3.63, 3.8) is 0 Å². The normalized spacial score (nSPS) is 24.2. The van der Waals surface area contributed by atoms with Crippen LogP contribution >= 0.6 is 0 Å². The van der Waals surface area contributed by atoms with Crippen molar-refractivity contribution >= 4 is 27.2 Å². The predicted molar refractivity (Wildman–Crippen MR) is 98.9 cm³/mol. The molecule has 0 N–H and O–H groups in total. The number of carbonyl (C=O) groups is 1. The number of hydrogen-bond acceptors (Lipinski definition) is 3. The highest BCUT2D eigenvalue weighted by Gasteiger charge is 2.54. The Hall–Kier alpha value is -2.41. The van der Waals surface area contributed by atoms with Gasteiger partial charge in [0.1, 0.15) is 5.82 Å². The molecule has 2 aliphatic heterocycles. The number of amides is 2. The number of hydrogen-bond donors (Lipinski definition) is 0. The first-order valence-corrected chi connectivity index (χ1v) is 10.2. The van der Waals surface area contributed by atoms with Gasteiger partial charge in [0.15, 0.2) is 9.84 Å². The van der Waals surface area contributed by atoms with E-state index in [0.717, 1.165) is 11.1 Å². The number of benzene rings is 2. The highest BCUT2D eigenvalue weighted by Crippen LogP contribution is 2.38. The average Bonchev–Trinajstić information content (AvgIpc) is 3.00. The van der Waals surface area contributed by atoms with Gasteiger partial charge in [-0.25, -0.2) is 17.6 Å². The minimum absolute atomic E-state index is 0.0615. The Kier molecular flexibility index (Phi) is 3.80. The van der Waals surface area contributed by atoms with Crippen LogP contribution in [-0.4, -0.2) is 38.0 Å². The summed E-state index contributed by atoms with van der Waals surface area (Å²) in [5.41, 5.74) is 3.34.